The van der Waals surface area contributed by atoms with Crippen LogP contribution < -0.4 is 10.6 Å². The first-order chi connectivity index (χ1) is 12.0. The van der Waals surface area contributed by atoms with Crippen molar-refractivity contribution in [2.75, 3.05) is 6.54 Å². The van der Waals surface area contributed by atoms with Gasteiger partial charge < -0.3 is 19.9 Å². The average Bonchev–Trinajstić information content (AvgIpc) is 2.86. The minimum absolute atomic E-state index is 0.114. The summed E-state index contributed by atoms with van der Waals surface area (Å²) >= 11 is 5.93. The SMILES string of the molecule is CCC(CC)(CNC(=O)OC(C)(C)C)NC(=O)CCc1c(C)noc1Cl. The van der Waals surface area contributed by atoms with Crippen LogP contribution in [-0.4, -0.2) is 34.8 Å². The maximum absolute atomic E-state index is 12.4. The summed E-state index contributed by atoms with van der Waals surface area (Å²) in [6.07, 6.45) is 1.57. The van der Waals surface area contributed by atoms with Crippen molar-refractivity contribution in [1.82, 2.24) is 15.8 Å². The molecule has 0 fully saturated rings. The number of alkyl carbamates (subject to hydrolysis) is 1. The third kappa shape index (κ3) is 6.86. The maximum Gasteiger partial charge on any atom is 0.407 e. The number of halogens is 1. The summed E-state index contributed by atoms with van der Waals surface area (Å²) in [7, 11) is 0. The number of hydrogen-bond donors (Lipinski definition) is 2. The second-order valence-electron chi connectivity index (χ2n) is 7.41. The first-order valence-corrected chi connectivity index (χ1v) is 9.28. The highest BCUT2D eigenvalue weighted by Crippen LogP contribution is 2.21. The molecule has 0 unspecified atom stereocenters. The molecule has 0 saturated carbocycles. The van der Waals surface area contributed by atoms with Crippen LogP contribution in [0.3, 0.4) is 0 Å². The van der Waals surface area contributed by atoms with Crippen LogP contribution in [-0.2, 0) is 16.0 Å². The Morgan fingerprint density at radius 3 is 2.31 bits per heavy atom. The molecule has 8 heteroatoms. The summed E-state index contributed by atoms with van der Waals surface area (Å²) in [5.41, 5.74) is 0.338. The van der Waals surface area contributed by atoms with Gasteiger partial charge in [0.15, 0.2) is 0 Å². The second-order valence-corrected chi connectivity index (χ2v) is 7.75. The van der Waals surface area contributed by atoms with E-state index in [1.165, 1.54) is 0 Å². The van der Waals surface area contributed by atoms with E-state index in [9.17, 15) is 9.59 Å². The van der Waals surface area contributed by atoms with Crippen molar-refractivity contribution in [2.45, 2.75) is 78.4 Å². The number of hydrogen-bond acceptors (Lipinski definition) is 5. The quantitative estimate of drug-likeness (QED) is 0.708. The van der Waals surface area contributed by atoms with Gasteiger partial charge in [0.25, 0.3) is 0 Å². The monoisotopic (exact) mass is 387 g/mol. The number of aromatic nitrogens is 1. The Kier molecular flexibility index (Phi) is 7.93. The van der Waals surface area contributed by atoms with E-state index < -0.39 is 17.2 Å². The van der Waals surface area contributed by atoms with Crippen LogP contribution in [0.1, 0.15) is 65.1 Å². The molecule has 148 valence electrons. The molecule has 1 rings (SSSR count). The van der Waals surface area contributed by atoms with E-state index in [0.29, 0.717) is 31.5 Å². The zero-order valence-electron chi connectivity index (χ0n) is 16.5. The lowest BCUT2D eigenvalue weighted by Crippen LogP contribution is -2.55. The second kappa shape index (κ2) is 9.26. The van der Waals surface area contributed by atoms with Crippen molar-refractivity contribution in [3.8, 4) is 0 Å². The smallest absolute Gasteiger partial charge is 0.407 e. The Hall–Kier alpha value is -1.76. The minimum Gasteiger partial charge on any atom is -0.444 e. The number of nitrogens with zero attached hydrogens (tertiary/aromatic N) is 1. The van der Waals surface area contributed by atoms with Gasteiger partial charge in [-0.25, -0.2) is 4.79 Å². The molecule has 2 amide bonds. The Morgan fingerprint density at radius 2 is 1.85 bits per heavy atom. The van der Waals surface area contributed by atoms with Crippen LogP contribution in [0.15, 0.2) is 4.52 Å². The molecule has 0 aromatic carbocycles. The molecule has 0 spiro atoms. The Bertz CT molecular complexity index is 599. The van der Waals surface area contributed by atoms with E-state index in [0.717, 1.165) is 5.56 Å². The summed E-state index contributed by atoms with van der Waals surface area (Å²) in [4.78, 5) is 24.3. The van der Waals surface area contributed by atoms with Crippen molar-refractivity contribution in [3.63, 3.8) is 0 Å². The van der Waals surface area contributed by atoms with Crippen LogP contribution in [0.2, 0.25) is 5.22 Å². The number of ether oxygens (including phenoxy) is 1. The summed E-state index contributed by atoms with van der Waals surface area (Å²) < 4.78 is 10.2. The highest BCUT2D eigenvalue weighted by molar-refractivity contribution is 6.29. The van der Waals surface area contributed by atoms with E-state index in [1.807, 2.05) is 13.8 Å². The molecule has 7 nitrogen and oxygen atoms in total. The Balaban J connectivity index is 2.62. The van der Waals surface area contributed by atoms with Gasteiger partial charge in [-0.3, -0.25) is 4.79 Å². The summed E-state index contributed by atoms with van der Waals surface area (Å²) in [6.45, 7) is 11.4. The van der Waals surface area contributed by atoms with Gasteiger partial charge in [0.05, 0.1) is 11.2 Å². The van der Waals surface area contributed by atoms with Crippen LogP contribution in [0, 0.1) is 6.92 Å². The van der Waals surface area contributed by atoms with Crippen molar-refractivity contribution in [1.29, 1.82) is 0 Å². The van der Waals surface area contributed by atoms with Crippen molar-refractivity contribution in [2.24, 2.45) is 0 Å². The normalized spacial score (nSPS) is 12.0. The molecule has 0 aliphatic rings. The predicted molar refractivity (Wildman–Crippen MR) is 100 cm³/mol. The van der Waals surface area contributed by atoms with Crippen LogP contribution >= 0.6 is 11.6 Å². The van der Waals surface area contributed by atoms with E-state index in [1.54, 1.807) is 27.7 Å². The minimum atomic E-state index is -0.565. The molecule has 1 heterocycles. The number of nitrogens with one attached hydrogen (secondary N) is 2. The molecule has 0 bridgehead atoms. The average molecular weight is 388 g/mol. The maximum atomic E-state index is 12.4. The van der Waals surface area contributed by atoms with Gasteiger partial charge in [0, 0.05) is 18.5 Å². The van der Waals surface area contributed by atoms with Crippen LogP contribution in [0.25, 0.3) is 0 Å². The molecule has 0 saturated heterocycles. The summed E-state index contributed by atoms with van der Waals surface area (Å²) in [5, 5.41) is 9.80. The van der Waals surface area contributed by atoms with Gasteiger partial charge >= 0.3 is 6.09 Å². The molecule has 26 heavy (non-hydrogen) atoms. The molecular weight excluding hydrogens is 358 g/mol. The number of carbonyl (C=O) groups is 2. The third-order valence-corrected chi connectivity index (χ3v) is 4.56. The Labute approximate surface area is 160 Å². The van der Waals surface area contributed by atoms with E-state index in [-0.39, 0.29) is 17.5 Å². The van der Waals surface area contributed by atoms with E-state index >= 15 is 0 Å². The zero-order chi connectivity index (χ0) is 20.0. The number of amides is 2. The standard InChI is InChI=1S/C18H30ClN3O4/c1-7-18(8-2,11-20-16(24)25-17(4,5)6)21-14(23)10-9-13-12(3)22-26-15(13)19/h7-11H2,1-6H3,(H,20,24)(H,21,23). The topological polar surface area (TPSA) is 93.5 Å². The van der Waals surface area contributed by atoms with E-state index in [2.05, 4.69) is 15.8 Å². The lowest BCUT2D eigenvalue weighted by molar-refractivity contribution is -0.123. The van der Waals surface area contributed by atoms with Crippen LogP contribution in [0.5, 0.6) is 0 Å². The van der Waals surface area contributed by atoms with Gasteiger partial charge in [0.2, 0.25) is 11.1 Å². The Morgan fingerprint density at radius 1 is 1.23 bits per heavy atom. The largest absolute Gasteiger partial charge is 0.444 e. The summed E-state index contributed by atoms with van der Waals surface area (Å²) in [5.74, 6) is -0.114. The molecule has 0 aliphatic carbocycles. The molecule has 0 atom stereocenters. The fraction of sp³-hybridized carbons (Fsp3) is 0.722. The zero-order valence-corrected chi connectivity index (χ0v) is 17.2. The lowest BCUT2D eigenvalue weighted by Gasteiger charge is -2.33. The number of rotatable bonds is 8. The molecule has 0 aliphatic heterocycles. The number of aryl methyl sites for hydroxylation is 1. The first-order valence-electron chi connectivity index (χ1n) is 8.90. The lowest BCUT2D eigenvalue weighted by atomic mass is 9.92. The van der Waals surface area contributed by atoms with Gasteiger partial charge in [0.1, 0.15) is 5.60 Å². The van der Waals surface area contributed by atoms with E-state index in [4.69, 9.17) is 20.9 Å². The third-order valence-electron chi connectivity index (χ3n) is 4.27. The van der Waals surface area contributed by atoms with Crippen molar-refractivity contribution in [3.05, 3.63) is 16.5 Å². The van der Waals surface area contributed by atoms with Gasteiger partial charge in [-0.1, -0.05) is 19.0 Å². The fourth-order valence-corrected chi connectivity index (χ4v) is 2.78. The highest BCUT2D eigenvalue weighted by atomic mass is 35.5. The molecule has 2 N–H and O–H groups in total. The van der Waals surface area contributed by atoms with Crippen molar-refractivity contribution < 1.29 is 18.8 Å². The van der Waals surface area contributed by atoms with Gasteiger partial charge in [-0.2, -0.15) is 0 Å². The molecular formula is C18H30ClN3O4. The molecule has 1 aromatic rings. The van der Waals surface area contributed by atoms with Crippen LogP contribution in [0.4, 0.5) is 4.79 Å². The molecule has 0 radical (unpaired) electrons. The predicted octanol–water partition coefficient (Wildman–Crippen LogP) is 3.77. The van der Waals surface area contributed by atoms with Gasteiger partial charge in [-0.05, 0) is 58.6 Å². The van der Waals surface area contributed by atoms with Crippen molar-refractivity contribution >= 4 is 23.6 Å². The highest BCUT2D eigenvalue weighted by Gasteiger charge is 2.29. The number of carbonyl (C=O) groups excluding carboxylic acids is 2. The summed E-state index contributed by atoms with van der Waals surface area (Å²) in [6, 6.07) is 0. The first kappa shape index (κ1) is 22.3. The van der Waals surface area contributed by atoms with Gasteiger partial charge in [-0.15, -0.1) is 0 Å². The molecule has 1 aromatic heterocycles. The fourth-order valence-electron chi connectivity index (χ4n) is 2.51.